The summed E-state index contributed by atoms with van der Waals surface area (Å²) in [7, 11) is 1.83. The van der Waals surface area contributed by atoms with E-state index in [1.807, 2.05) is 14.0 Å². The number of aryl methyl sites for hydroxylation is 2. The summed E-state index contributed by atoms with van der Waals surface area (Å²) in [4.78, 5) is 0. The first-order chi connectivity index (χ1) is 4.66. The molecule has 0 bridgehead atoms. The lowest BCUT2D eigenvalue weighted by molar-refractivity contribution is 0.757. The first-order valence-electron chi connectivity index (χ1n) is 2.90. The maximum Gasteiger partial charge on any atom is 0.131 e. The van der Waals surface area contributed by atoms with E-state index < -0.39 is 0 Å². The van der Waals surface area contributed by atoms with Crippen LogP contribution in [0.3, 0.4) is 0 Å². The van der Waals surface area contributed by atoms with Gasteiger partial charge in [0.25, 0.3) is 0 Å². The van der Waals surface area contributed by atoms with E-state index in [0.29, 0.717) is 0 Å². The summed E-state index contributed by atoms with van der Waals surface area (Å²) in [5.74, 6) is 0. The van der Waals surface area contributed by atoms with Gasteiger partial charge in [0.2, 0.25) is 0 Å². The van der Waals surface area contributed by atoms with Crippen molar-refractivity contribution in [1.82, 2.24) is 9.78 Å². The Balaban J connectivity index is 3.20. The van der Waals surface area contributed by atoms with Crippen molar-refractivity contribution in [2.45, 2.75) is 12.3 Å². The molecule has 0 N–H and O–H groups in total. The lowest BCUT2D eigenvalue weighted by Gasteiger charge is -1.91. The van der Waals surface area contributed by atoms with Crippen molar-refractivity contribution in [3.63, 3.8) is 0 Å². The van der Waals surface area contributed by atoms with Crippen LogP contribution in [0.2, 0.25) is 5.15 Å². The molecule has 56 valence electrons. The summed E-state index contributed by atoms with van der Waals surface area (Å²) in [6, 6.07) is 0. The number of alkyl halides is 1. The third kappa shape index (κ3) is 1.20. The van der Waals surface area contributed by atoms with Crippen molar-refractivity contribution in [1.29, 1.82) is 0 Å². The third-order valence-electron chi connectivity index (χ3n) is 1.40. The predicted molar refractivity (Wildman–Crippen MR) is 45.6 cm³/mol. The molecule has 1 heterocycles. The molecular weight excluding hydrogens is 215 g/mol. The van der Waals surface area contributed by atoms with Crippen LogP contribution in [0.1, 0.15) is 11.3 Å². The van der Waals surface area contributed by atoms with Gasteiger partial charge in [-0.25, -0.2) is 0 Å². The minimum absolute atomic E-state index is 0.717. The van der Waals surface area contributed by atoms with Crippen LogP contribution in [0.5, 0.6) is 0 Å². The maximum absolute atomic E-state index is 5.88. The SMILES string of the molecule is Cc1nn(C)c(Cl)c1CBr. The molecule has 0 aromatic carbocycles. The fourth-order valence-electron chi connectivity index (χ4n) is 0.826. The monoisotopic (exact) mass is 222 g/mol. The van der Waals surface area contributed by atoms with Crippen molar-refractivity contribution >= 4 is 27.5 Å². The highest BCUT2D eigenvalue weighted by atomic mass is 79.9. The topological polar surface area (TPSA) is 17.8 Å². The maximum atomic E-state index is 5.88. The summed E-state index contributed by atoms with van der Waals surface area (Å²) < 4.78 is 1.67. The largest absolute Gasteiger partial charge is 0.257 e. The average Bonchev–Trinajstić information content (AvgIpc) is 2.09. The molecule has 1 rings (SSSR count). The van der Waals surface area contributed by atoms with Crippen molar-refractivity contribution < 1.29 is 0 Å². The van der Waals surface area contributed by atoms with E-state index in [2.05, 4.69) is 21.0 Å². The lowest BCUT2D eigenvalue weighted by atomic mass is 10.3. The highest BCUT2D eigenvalue weighted by Gasteiger charge is 2.08. The van der Waals surface area contributed by atoms with Crippen molar-refractivity contribution in [3.8, 4) is 0 Å². The van der Waals surface area contributed by atoms with Crippen LogP contribution in [0, 0.1) is 6.92 Å². The van der Waals surface area contributed by atoms with Crippen molar-refractivity contribution in [2.24, 2.45) is 7.05 Å². The Kier molecular flexibility index (Phi) is 2.36. The van der Waals surface area contributed by atoms with E-state index in [-0.39, 0.29) is 0 Å². The van der Waals surface area contributed by atoms with Gasteiger partial charge in [0.15, 0.2) is 0 Å². The number of nitrogens with zero attached hydrogens (tertiary/aromatic N) is 2. The highest BCUT2D eigenvalue weighted by Crippen LogP contribution is 2.20. The molecule has 0 aliphatic heterocycles. The van der Waals surface area contributed by atoms with Gasteiger partial charge < -0.3 is 0 Å². The Hall–Kier alpha value is -0.0200. The number of hydrogen-bond acceptors (Lipinski definition) is 1. The molecule has 0 atom stereocenters. The van der Waals surface area contributed by atoms with Gasteiger partial charge in [-0.15, -0.1) is 0 Å². The molecule has 0 spiro atoms. The third-order valence-corrected chi connectivity index (χ3v) is 2.44. The molecule has 0 unspecified atom stereocenters. The molecule has 0 aliphatic rings. The smallest absolute Gasteiger partial charge is 0.131 e. The number of rotatable bonds is 1. The Morgan fingerprint density at radius 2 is 2.30 bits per heavy atom. The Morgan fingerprint density at radius 1 is 1.70 bits per heavy atom. The summed E-state index contributed by atoms with van der Waals surface area (Å²) in [6.45, 7) is 1.95. The van der Waals surface area contributed by atoms with Crippen molar-refractivity contribution in [3.05, 3.63) is 16.4 Å². The van der Waals surface area contributed by atoms with Gasteiger partial charge in [-0.1, -0.05) is 27.5 Å². The molecule has 4 heteroatoms. The van der Waals surface area contributed by atoms with Gasteiger partial charge in [0.1, 0.15) is 5.15 Å². The van der Waals surface area contributed by atoms with E-state index in [9.17, 15) is 0 Å². The summed E-state index contributed by atoms with van der Waals surface area (Å²) in [6.07, 6.45) is 0. The molecule has 0 fully saturated rings. The highest BCUT2D eigenvalue weighted by molar-refractivity contribution is 9.08. The molecule has 2 nitrogen and oxygen atoms in total. The zero-order valence-corrected chi connectivity index (χ0v) is 8.20. The van der Waals surface area contributed by atoms with E-state index >= 15 is 0 Å². The Morgan fingerprint density at radius 3 is 2.50 bits per heavy atom. The molecule has 0 aliphatic carbocycles. The fourth-order valence-corrected chi connectivity index (χ4v) is 1.90. The second-order valence-corrected chi connectivity index (χ2v) is 3.03. The normalized spacial score (nSPS) is 10.4. The molecule has 0 radical (unpaired) electrons. The van der Waals surface area contributed by atoms with E-state index in [1.54, 1.807) is 4.68 Å². The summed E-state index contributed by atoms with van der Waals surface area (Å²) in [5, 5.41) is 5.62. The summed E-state index contributed by atoms with van der Waals surface area (Å²) in [5.41, 5.74) is 2.06. The van der Waals surface area contributed by atoms with Gasteiger partial charge in [-0.05, 0) is 6.92 Å². The van der Waals surface area contributed by atoms with Gasteiger partial charge >= 0.3 is 0 Å². The second kappa shape index (κ2) is 2.93. The molecule has 0 saturated heterocycles. The Bertz CT molecular complexity index is 244. The molecule has 10 heavy (non-hydrogen) atoms. The van der Waals surface area contributed by atoms with Crippen LogP contribution in [0.25, 0.3) is 0 Å². The summed E-state index contributed by atoms with van der Waals surface area (Å²) >= 11 is 9.22. The number of aromatic nitrogens is 2. The van der Waals surface area contributed by atoms with Gasteiger partial charge in [0, 0.05) is 17.9 Å². The number of hydrogen-bond donors (Lipinski definition) is 0. The van der Waals surface area contributed by atoms with Crippen LogP contribution in [-0.4, -0.2) is 9.78 Å². The molecule has 1 aromatic heterocycles. The minimum atomic E-state index is 0.717. The molecular formula is C6H8BrClN2. The van der Waals surface area contributed by atoms with E-state index in [0.717, 1.165) is 21.7 Å². The van der Waals surface area contributed by atoms with Crippen molar-refractivity contribution in [2.75, 3.05) is 0 Å². The lowest BCUT2D eigenvalue weighted by Crippen LogP contribution is -1.89. The number of halogens is 2. The first-order valence-corrected chi connectivity index (χ1v) is 4.40. The van der Waals surface area contributed by atoms with Gasteiger partial charge in [-0.2, -0.15) is 5.10 Å². The quantitative estimate of drug-likeness (QED) is 0.668. The van der Waals surface area contributed by atoms with Crippen LogP contribution in [0.4, 0.5) is 0 Å². The molecule has 1 aromatic rings. The average molecular weight is 224 g/mol. The fraction of sp³-hybridized carbons (Fsp3) is 0.500. The van der Waals surface area contributed by atoms with Gasteiger partial charge in [0.05, 0.1) is 5.69 Å². The predicted octanol–water partition coefficient (Wildman–Crippen LogP) is 2.28. The van der Waals surface area contributed by atoms with Crippen LogP contribution >= 0.6 is 27.5 Å². The van der Waals surface area contributed by atoms with Crippen LogP contribution in [-0.2, 0) is 12.4 Å². The van der Waals surface area contributed by atoms with Crippen LogP contribution in [0.15, 0.2) is 0 Å². The van der Waals surface area contributed by atoms with E-state index in [1.165, 1.54) is 0 Å². The molecule has 0 amide bonds. The molecule has 0 saturated carbocycles. The standard InChI is InChI=1S/C6H8BrClN2/c1-4-5(3-7)6(8)10(2)9-4/h3H2,1-2H3. The Labute approximate surface area is 73.3 Å². The minimum Gasteiger partial charge on any atom is -0.257 e. The van der Waals surface area contributed by atoms with E-state index in [4.69, 9.17) is 11.6 Å². The first kappa shape index (κ1) is 8.08. The zero-order chi connectivity index (χ0) is 7.72. The van der Waals surface area contributed by atoms with Gasteiger partial charge in [-0.3, -0.25) is 4.68 Å². The second-order valence-electron chi connectivity index (χ2n) is 2.11. The zero-order valence-electron chi connectivity index (χ0n) is 5.86. The van der Waals surface area contributed by atoms with Crippen LogP contribution < -0.4 is 0 Å².